The molecule has 0 aromatic heterocycles. The van der Waals surface area contributed by atoms with E-state index in [-0.39, 0.29) is 11.9 Å². The van der Waals surface area contributed by atoms with Crippen LogP contribution in [0.5, 0.6) is 11.5 Å². The van der Waals surface area contributed by atoms with Gasteiger partial charge in [0.25, 0.3) is 0 Å². The van der Waals surface area contributed by atoms with Crippen LogP contribution in [-0.4, -0.2) is 44.2 Å². The fourth-order valence-corrected chi connectivity index (χ4v) is 5.08. The molecule has 2 saturated carbocycles. The quantitative estimate of drug-likeness (QED) is 0.879. The third-order valence-electron chi connectivity index (χ3n) is 6.73. The number of benzene rings is 1. The normalized spacial score (nSPS) is 27.6. The zero-order valence-electron chi connectivity index (χ0n) is 15.9. The lowest BCUT2D eigenvalue weighted by atomic mass is 9.77. The Balaban J connectivity index is 1.63. The highest BCUT2D eigenvalue weighted by atomic mass is 16.5. The first kappa shape index (κ1) is 17.7. The first-order chi connectivity index (χ1) is 12.6. The van der Waals surface area contributed by atoms with Gasteiger partial charge in [0, 0.05) is 19.1 Å². The highest BCUT2D eigenvalue weighted by Gasteiger charge is 2.49. The molecule has 0 radical (unpaired) electrons. The molecule has 142 valence electrons. The lowest BCUT2D eigenvalue weighted by molar-refractivity contribution is -0.136. The Morgan fingerprint density at radius 2 is 1.81 bits per heavy atom. The zero-order chi connectivity index (χ0) is 18.3. The molecule has 3 aliphatic rings. The molecule has 5 heteroatoms. The van der Waals surface area contributed by atoms with Crippen molar-refractivity contribution >= 4 is 5.91 Å². The molecular formula is C21H30N2O3. The number of rotatable bonds is 5. The summed E-state index contributed by atoms with van der Waals surface area (Å²) in [5.41, 5.74) is 7.01. The van der Waals surface area contributed by atoms with Crippen molar-refractivity contribution in [1.29, 1.82) is 0 Å². The summed E-state index contributed by atoms with van der Waals surface area (Å²) >= 11 is 0. The zero-order valence-corrected chi connectivity index (χ0v) is 15.9. The molecular weight excluding hydrogens is 328 g/mol. The van der Waals surface area contributed by atoms with Crippen LogP contribution in [0.25, 0.3) is 0 Å². The van der Waals surface area contributed by atoms with E-state index in [0.29, 0.717) is 24.0 Å². The van der Waals surface area contributed by atoms with Crippen molar-refractivity contribution in [3.8, 4) is 11.5 Å². The first-order valence-electron chi connectivity index (χ1n) is 9.86. The van der Waals surface area contributed by atoms with Crippen LogP contribution < -0.4 is 15.2 Å². The van der Waals surface area contributed by atoms with Crippen LogP contribution >= 0.6 is 0 Å². The highest BCUT2D eigenvalue weighted by molar-refractivity contribution is 5.89. The van der Waals surface area contributed by atoms with Gasteiger partial charge in [0.2, 0.25) is 5.91 Å². The van der Waals surface area contributed by atoms with Crippen LogP contribution in [0.3, 0.4) is 0 Å². The molecule has 2 atom stereocenters. The SMILES string of the molecule is COc1ccc(C2(C(=O)N3C[C@@H](N)[C@H](C4CC4)C3)CCCC2)cc1OC. The Morgan fingerprint density at radius 3 is 2.42 bits per heavy atom. The van der Waals surface area contributed by atoms with Crippen molar-refractivity contribution in [3.63, 3.8) is 0 Å². The Kier molecular flexibility index (Phi) is 4.59. The fourth-order valence-electron chi connectivity index (χ4n) is 5.08. The number of carbonyl (C=O) groups excluding carboxylic acids is 1. The van der Waals surface area contributed by atoms with Gasteiger partial charge in [-0.2, -0.15) is 0 Å². The maximum Gasteiger partial charge on any atom is 0.233 e. The van der Waals surface area contributed by atoms with E-state index in [1.165, 1.54) is 12.8 Å². The van der Waals surface area contributed by atoms with E-state index < -0.39 is 5.41 Å². The van der Waals surface area contributed by atoms with Gasteiger partial charge in [-0.05, 0) is 55.2 Å². The summed E-state index contributed by atoms with van der Waals surface area (Å²) in [5.74, 6) is 2.89. The molecule has 3 fully saturated rings. The number of likely N-dealkylation sites (tertiary alicyclic amines) is 1. The Morgan fingerprint density at radius 1 is 1.12 bits per heavy atom. The second kappa shape index (κ2) is 6.76. The van der Waals surface area contributed by atoms with E-state index in [1.54, 1.807) is 14.2 Å². The predicted octanol–water partition coefficient (Wildman–Crippen LogP) is 2.71. The summed E-state index contributed by atoms with van der Waals surface area (Å²) in [5, 5.41) is 0. The lowest BCUT2D eigenvalue weighted by Crippen LogP contribution is -2.45. The molecule has 0 spiro atoms. The molecule has 0 bridgehead atoms. The second-order valence-corrected chi connectivity index (χ2v) is 8.23. The van der Waals surface area contributed by atoms with Crippen molar-refractivity contribution in [3.05, 3.63) is 23.8 Å². The maximum absolute atomic E-state index is 13.7. The Hall–Kier alpha value is -1.75. The van der Waals surface area contributed by atoms with E-state index in [2.05, 4.69) is 4.90 Å². The molecule has 1 aromatic rings. The minimum absolute atomic E-state index is 0.135. The van der Waals surface area contributed by atoms with Gasteiger partial charge in [0.05, 0.1) is 19.6 Å². The molecule has 1 aliphatic heterocycles. The number of nitrogens with zero attached hydrogens (tertiary/aromatic N) is 1. The van der Waals surface area contributed by atoms with Crippen molar-refractivity contribution in [2.24, 2.45) is 17.6 Å². The fraction of sp³-hybridized carbons (Fsp3) is 0.667. The molecule has 5 nitrogen and oxygen atoms in total. The van der Waals surface area contributed by atoms with E-state index in [4.69, 9.17) is 15.2 Å². The minimum Gasteiger partial charge on any atom is -0.493 e. The summed E-state index contributed by atoms with van der Waals surface area (Å²) in [6.45, 7) is 1.54. The first-order valence-corrected chi connectivity index (χ1v) is 9.86. The molecule has 2 N–H and O–H groups in total. The largest absolute Gasteiger partial charge is 0.493 e. The van der Waals surface area contributed by atoms with Gasteiger partial charge < -0.3 is 20.1 Å². The summed E-state index contributed by atoms with van der Waals surface area (Å²) in [4.78, 5) is 15.7. The number of amides is 1. The molecule has 26 heavy (non-hydrogen) atoms. The summed E-state index contributed by atoms with van der Waals surface area (Å²) in [6, 6.07) is 6.09. The van der Waals surface area contributed by atoms with Crippen LogP contribution in [-0.2, 0) is 10.2 Å². The number of methoxy groups -OCH3 is 2. The van der Waals surface area contributed by atoms with Gasteiger partial charge in [-0.1, -0.05) is 18.9 Å². The van der Waals surface area contributed by atoms with E-state index in [9.17, 15) is 4.79 Å². The third kappa shape index (κ3) is 2.86. The topological polar surface area (TPSA) is 64.8 Å². The monoisotopic (exact) mass is 358 g/mol. The van der Waals surface area contributed by atoms with Crippen molar-refractivity contribution in [2.75, 3.05) is 27.3 Å². The Bertz CT molecular complexity index is 680. The number of nitrogens with two attached hydrogens (primary N) is 1. The number of carbonyl (C=O) groups is 1. The predicted molar refractivity (Wildman–Crippen MR) is 100 cm³/mol. The van der Waals surface area contributed by atoms with Crippen LogP contribution in [0.1, 0.15) is 44.1 Å². The number of hydrogen-bond acceptors (Lipinski definition) is 4. The smallest absolute Gasteiger partial charge is 0.233 e. The standard InChI is InChI=1S/C21H30N2O3/c1-25-18-8-7-15(11-19(18)26-2)21(9-3-4-10-21)20(24)23-12-16(14-5-6-14)17(22)13-23/h7-8,11,14,16-17H,3-6,9-10,12-13,22H2,1-2H3/t16-,17+/m0/s1. The van der Waals surface area contributed by atoms with Crippen molar-refractivity contribution < 1.29 is 14.3 Å². The second-order valence-electron chi connectivity index (χ2n) is 8.23. The molecule has 1 saturated heterocycles. The minimum atomic E-state index is -0.433. The average molecular weight is 358 g/mol. The van der Waals surface area contributed by atoms with Crippen LogP contribution in [0.2, 0.25) is 0 Å². The van der Waals surface area contributed by atoms with Gasteiger partial charge in [-0.15, -0.1) is 0 Å². The Labute approximate surface area is 155 Å². The molecule has 4 rings (SSSR count). The van der Waals surface area contributed by atoms with Crippen molar-refractivity contribution in [2.45, 2.75) is 50.0 Å². The average Bonchev–Trinajstić information content (AvgIpc) is 3.25. The van der Waals surface area contributed by atoms with Gasteiger partial charge in [-0.3, -0.25) is 4.79 Å². The molecule has 1 heterocycles. The molecule has 1 amide bonds. The van der Waals surface area contributed by atoms with Gasteiger partial charge in [-0.25, -0.2) is 0 Å². The van der Waals surface area contributed by atoms with E-state index >= 15 is 0 Å². The summed E-state index contributed by atoms with van der Waals surface area (Å²) < 4.78 is 10.9. The van der Waals surface area contributed by atoms with Crippen LogP contribution in [0, 0.1) is 11.8 Å². The molecule has 0 unspecified atom stereocenters. The lowest BCUT2D eigenvalue weighted by Gasteiger charge is -2.33. The highest BCUT2D eigenvalue weighted by Crippen LogP contribution is 2.47. The molecule has 1 aromatic carbocycles. The van der Waals surface area contributed by atoms with E-state index in [0.717, 1.165) is 43.7 Å². The number of ether oxygens (including phenoxy) is 2. The van der Waals surface area contributed by atoms with Crippen LogP contribution in [0.4, 0.5) is 0 Å². The van der Waals surface area contributed by atoms with E-state index in [1.807, 2.05) is 18.2 Å². The maximum atomic E-state index is 13.7. The molecule has 2 aliphatic carbocycles. The summed E-state index contributed by atoms with van der Waals surface area (Å²) in [6.07, 6.45) is 6.54. The summed E-state index contributed by atoms with van der Waals surface area (Å²) in [7, 11) is 3.28. The number of hydrogen-bond donors (Lipinski definition) is 1. The van der Waals surface area contributed by atoms with Crippen LogP contribution in [0.15, 0.2) is 18.2 Å². The van der Waals surface area contributed by atoms with Gasteiger partial charge in [0.15, 0.2) is 11.5 Å². The third-order valence-corrected chi connectivity index (χ3v) is 6.73. The van der Waals surface area contributed by atoms with Crippen molar-refractivity contribution in [1.82, 2.24) is 4.90 Å². The van der Waals surface area contributed by atoms with Gasteiger partial charge >= 0.3 is 0 Å². The van der Waals surface area contributed by atoms with Gasteiger partial charge in [0.1, 0.15) is 0 Å².